The van der Waals surface area contributed by atoms with Gasteiger partial charge in [-0.05, 0) is 32.7 Å². The van der Waals surface area contributed by atoms with Crippen molar-refractivity contribution in [1.82, 2.24) is 13.9 Å². The quantitative estimate of drug-likeness (QED) is 0.785. The van der Waals surface area contributed by atoms with Gasteiger partial charge in [0.25, 0.3) is 10.2 Å². The van der Waals surface area contributed by atoms with Gasteiger partial charge in [0, 0.05) is 32.2 Å². The minimum Gasteiger partial charge on any atom is -0.379 e. The molecule has 112 valence electrons. The van der Waals surface area contributed by atoms with Crippen LogP contribution in [0.2, 0.25) is 0 Å². The molecule has 19 heavy (non-hydrogen) atoms. The molecule has 2 aliphatic heterocycles. The van der Waals surface area contributed by atoms with E-state index in [0.29, 0.717) is 51.4 Å². The van der Waals surface area contributed by atoms with Gasteiger partial charge in [-0.25, -0.2) is 0 Å². The zero-order valence-electron chi connectivity index (χ0n) is 11.8. The molecule has 0 spiro atoms. The van der Waals surface area contributed by atoms with E-state index in [1.165, 1.54) is 0 Å². The van der Waals surface area contributed by atoms with Gasteiger partial charge in [-0.15, -0.1) is 0 Å². The van der Waals surface area contributed by atoms with Crippen molar-refractivity contribution >= 4 is 10.2 Å². The van der Waals surface area contributed by atoms with Crippen molar-refractivity contribution in [2.24, 2.45) is 5.92 Å². The van der Waals surface area contributed by atoms with Crippen molar-refractivity contribution in [3.63, 3.8) is 0 Å². The Bertz CT molecular complexity index is 382. The maximum Gasteiger partial charge on any atom is 0.282 e. The van der Waals surface area contributed by atoms with Crippen LogP contribution in [0.4, 0.5) is 0 Å². The summed E-state index contributed by atoms with van der Waals surface area (Å²) in [5.41, 5.74) is 0. The molecule has 0 aliphatic carbocycles. The van der Waals surface area contributed by atoms with E-state index >= 15 is 0 Å². The fraction of sp³-hybridized carbons (Fsp3) is 1.00. The van der Waals surface area contributed by atoms with Crippen molar-refractivity contribution in [2.45, 2.75) is 25.8 Å². The lowest BCUT2D eigenvalue weighted by Crippen LogP contribution is -2.53. The van der Waals surface area contributed by atoms with Gasteiger partial charge in [-0.3, -0.25) is 0 Å². The molecule has 2 fully saturated rings. The average Bonchev–Trinajstić information content (AvgIpc) is 2.47. The zero-order valence-corrected chi connectivity index (χ0v) is 12.7. The van der Waals surface area contributed by atoms with E-state index < -0.39 is 10.2 Å². The molecular formula is C12H25N3O3S. The Hall–Kier alpha value is -0.210. The van der Waals surface area contributed by atoms with Gasteiger partial charge in [-0.1, -0.05) is 0 Å². The number of ether oxygens (including phenoxy) is 1. The van der Waals surface area contributed by atoms with Crippen molar-refractivity contribution in [3.8, 4) is 0 Å². The van der Waals surface area contributed by atoms with Crippen LogP contribution in [0.5, 0.6) is 0 Å². The molecule has 0 amide bonds. The molecule has 2 atom stereocenters. The molecular weight excluding hydrogens is 266 g/mol. The topological polar surface area (TPSA) is 61.9 Å². The lowest BCUT2D eigenvalue weighted by Gasteiger charge is -2.38. The number of nitrogens with zero attached hydrogens (tertiary/aromatic N) is 2. The van der Waals surface area contributed by atoms with Crippen LogP contribution in [0.15, 0.2) is 0 Å². The van der Waals surface area contributed by atoms with Crippen LogP contribution < -0.4 is 5.32 Å². The Labute approximate surface area is 116 Å². The molecule has 2 rings (SSSR count). The van der Waals surface area contributed by atoms with Gasteiger partial charge in [0.2, 0.25) is 0 Å². The van der Waals surface area contributed by atoms with Crippen molar-refractivity contribution in [2.75, 3.05) is 46.4 Å². The second kappa shape index (κ2) is 6.49. The number of hydrogen-bond donors (Lipinski definition) is 1. The summed E-state index contributed by atoms with van der Waals surface area (Å²) < 4.78 is 33.6. The van der Waals surface area contributed by atoms with Crippen LogP contribution in [-0.2, 0) is 14.9 Å². The number of nitrogens with one attached hydrogen (secondary N) is 1. The minimum atomic E-state index is -3.30. The number of hydrogen-bond acceptors (Lipinski definition) is 4. The van der Waals surface area contributed by atoms with E-state index in [2.05, 4.69) is 12.2 Å². The Morgan fingerprint density at radius 1 is 1.21 bits per heavy atom. The molecule has 6 nitrogen and oxygen atoms in total. The van der Waals surface area contributed by atoms with Crippen LogP contribution in [0.1, 0.15) is 19.8 Å². The van der Waals surface area contributed by atoms with E-state index in [0.717, 1.165) is 12.8 Å². The highest BCUT2D eigenvalue weighted by atomic mass is 32.2. The first-order valence-corrected chi connectivity index (χ1v) is 8.45. The summed E-state index contributed by atoms with van der Waals surface area (Å²) in [6.45, 7) is 5.35. The SMILES string of the molecule is CNC(C)C1CCCN(S(=O)(=O)N2CCOCC2)C1. The largest absolute Gasteiger partial charge is 0.379 e. The second-order valence-corrected chi connectivity index (χ2v) is 7.29. The lowest BCUT2D eigenvalue weighted by molar-refractivity contribution is 0.0688. The molecule has 2 aliphatic rings. The summed E-state index contributed by atoms with van der Waals surface area (Å²) in [6, 6.07) is 0.350. The van der Waals surface area contributed by atoms with E-state index in [4.69, 9.17) is 4.74 Å². The summed E-state index contributed by atoms with van der Waals surface area (Å²) in [7, 11) is -1.37. The first-order valence-electron chi connectivity index (χ1n) is 7.06. The molecule has 7 heteroatoms. The monoisotopic (exact) mass is 291 g/mol. The summed E-state index contributed by atoms with van der Waals surface area (Å²) in [4.78, 5) is 0. The molecule has 0 radical (unpaired) electrons. The summed E-state index contributed by atoms with van der Waals surface area (Å²) in [6.07, 6.45) is 2.04. The Morgan fingerprint density at radius 2 is 1.89 bits per heavy atom. The first-order chi connectivity index (χ1) is 9.05. The molecule has 0 aromatic rings. The van der Waals surface area contributed by atoms with Gasteiger partial charge in [-0.2, -0.15) is 17.0 Å². The maximum atomic E-state index is 12.6. The third kappa shape index (κ3) is 3.46. The minimum absolute atomic E-state index is 0.350. The Kier molecular flexibility index (Phi) is 5.19. The van der Waals surface area contributed by atoms with E-state index in [-0.39, 0.29) is 0 Å². The molecule has 2 unspecified atom stereocenters. The van der Waals surface area contributed by atoms with Gasteiger partial charge >= 0.3 is 0 Å². The normalized spacial score (nSPS) is 29.3. The Balaban J connectivity index is 2.03. The van der Waals surface area contributed by atoms with Crippen molar-refractivity contribution in [3.05, 3.63) is 0 Å². The van der Waals surface area contributed by atoms with Crippen LogP contribution >= 0.6 is 0 Å². The van der Waals surface area contributed by atoms with Crippen LogP contribution in [-0.4, -0.2) is 69.5 Å². The maximum absolute atomic E-state index is 12.6. The van der Waals surface area contributed by atoms with E-state index in [9.17, 15) is 8.42 Å². The molecule has 0 aromatic carbocycles. The zero-order chi connectivity index (χ0) is 13.9. The van der Waals surface area contributed by atoms with Gasteiger partial charge in [0.1, 0.15) is 0 Å². The summed E-state index contributed by atoms with van der Waals surface area (Å²) >= 11 is 0. The van der Waals surface area contributed by atoms with Gasteiger partial charge < -0.3 is 10.1 Å². The molecule has 0 saturated carbocycles. The van der Waals surface area contributed by atoms with E-state index in [1.54, 1.807) is 8.61 Å². The second-order valence-electron chi connectivity index (χ2n) is 5.36. The predicted octanol–water partition coefficient (Wildman–Crippen LogP) is -0.117. The lowest BCUT2D eigenvalue weighted by atomic mass is 9.93. The average molecular weight is 291 g/mol. The Morgan fingerprint density at radius 3 is 2.53 bits per heavy atom. The standard InChI is InChI=1S/C12H25N3O3S/c1-11(13-2)12-4-3-5-15(10-12)19(16,17)14-6-8-18-9-7-14/h11-13H,3-10H2,1-2H3. The molecule has 1 N–H and O–H groups in total. The highest BCUT2D eigenvalue weighted by molar-refractivity contribution is 7.86. The van der Waals surface area contributed by atoms with Crippen molar-refractivity contribution in [1.29, 1.82) is 0 Å². The van der Waals surface area contributed by atoms with Crippen LogP contribution in [0.3, 0.4) is 0 Å². The van der Waals surface area contributed by atoms with E-state index in [1.807, 2.05) is 7.05 Å². The molecule has 2 heterocycles. The third-order valence-corrected chi connectivity index (χ3v) is 6.21. The highest BCUT2D eigenvalue weighted by Crippen LogP contribution is 2.23. The third-order valence-electron chi connectivity index (χ3n) is 4.21. The van der Waals surface area contributed by atoms with Crippen molar-refractivity contribution < 1.29 is 13.2 Å². The van der Waals surface area contributed by atoms with Gasteiger partial charge in [0.15, 0.2) is 0 Å². The number of piperidine rings is 1. The van der Waals surface area contributed by atoms with Gasteiger partial charge in [0.05, 0.1) is 13.2 Å². The summed E-state index contributed by atoms with van der Waals surface area (Å²) in [5, 5.41) is 3.23. The number of rotatable bonds is 4. The molecule has 0 bridgehead atoms. The highest BCUT2D eigenvalue weighted by Gasteiger charge is 2.35. The summed E-state index contributed by atoms with van der Waals surface area (Å²) in [5.74, 6) is 0.398. The first kappa shape index (κ1) is 15.2. The molecule has 2 saturated heterocycles. The van der Waals surface area contributed by atoms with Crippen LogP contribution in [0, 0.1) is 5.92 Å². The fourth-order valence-corrected chi connectivity index (χ4v) is 4.44. The predicted molar refractivity (Wildman–Crippen MR) is 74.1 cm³/mol. The fourth-order valence-electron chi connectivity index (χ4n) is 2.77. The number of morpholine rings is 1. The van der Waals surface area contributed by atoms with Crippen LogP contribution in [0.25, 0.3) is 0 Å². The molecule has 0 aromatic heterocycles. The smallest absolute Gasteiger partial charge is 0.282 e.